The summed E-state index contributed by atoms with van der Waals surface area (Å²) in [6.45, 7) is 1.96. The van der Waals surface area contributed by atoms with Gasteiger partial charge in [-0.15, -0.1) is 10.2 Å². The van der Waals surface area contributed by atoms with Crippen molar-refractivity contribution in [3.8, 4) is 0 Å². The lowest BCUT2D eigenvalue weighted by atomic mass is 10.4. The largest absolute Gasteiger partial charge is 0.286 e. The van der Waals surface area contributed by atoms with Crippen LogP contribution in [0.3, 0.4) is 0 Å². The monoisotopic (exact) mass is 192 g/mol. The highest BCUT2D eigenvalue weighted by atomic mass is 16.6. The van der Waals surface area contributed by atoms with E-state index < -0.39 is 4.92 Å². The Morgan fingerprint density at radius 3 is 3.00 bits per heavy atom. The summed E-state index contributed by atoms with van der Waals surface area (Å²) >= 11 is 0. The zero-order chi connectivity index (χ0) is 10.1. The predicted octanol–water partition coefficient (Wildman–Crippen LogP) is 1.20. The summed E-state index contributed by atoms with van der Waals surface area (Å²) in [5.74, 6) is 0.801. The van der Waals surface area contributed by atoms with Gasteiger partial charge >= 0.3 is 0 Å². The number of aromatic nitrogens is 3. The zero-order valence-electron chi connectivity index (χ0n) is 7.54. The first-order valence-corrected chi connectivity index (χ1v) is 4.20. The van der Waals surface area contributed by atoms with Crippen LogP contribution in [0, 0.1) is 10.1 Å². The normalized spacial score (nSPS) is 10.6. The molecule has 2 rings (SSSR count). The Morgan fingerprint density at radius 1 is 1.57 bits per heavy atom. The number of hydrogen-bond acceptors (Lipinski definition) is 4. The molecule has 0 aliphatic rings. The first kappa shape index (κ1) is 8.61. The van der Waals surface area contributed by atoms with Crippen molar-refractivity contribution in [2.45, 2.75) is 13.3 Å². The Bertz CT molecular complexity index is 491. The summed E-state index contributed by atoms with van der Waals surface area (Å²) in [4.78, 5) is 10.0. The van der Waals surface area contributed by atoms with Crippen molar-refractivity contribution in [1.29, 1.82) is 0 Å². The van der Waals surface area contributed by atoms with Crippen LogP contribution in [0.15, 0.2) is 18.3 Å². The third-order valence-electron chi connectivity index (χ3n) is 1.99. The molecule has 0 saturated heterocycles. The molecule has 6 nitrogen and oxygen atoms in total. The van der Waals surface area contributed by atoms with Crippen LogP contribution in [0.1, 0.15) is 12.7 Å². The van der Waals surface area contributed by atoms with Gasteiger partial charge in [-0.2, -0.15) is 0 Å². The second-order valence-electron chi connectivity index (χ2n) is 2.84. The maximum Gasteiger partial charge on any atom is 0.274 e. The average molecular weight is 192 g/mol. The number of aryl methyl sites for hydroxylation is 1. The SMILES string of the molecule is CCc1nnc2cc([N+](=O)[O-])ccn12. The molecule has 2 aromatic rings. The lowest BCUT2D eigenvalue weighted by Gasteiger charge is -1.95. The number of hydrogen-bond donors (Lipinski definition) is 0. The summed E-state index contributed by atoms with van der Waals surface area (Å²) in [7, 11) is 0. The molecule has 0 aromatic carbocycles. The Hall–Kier alpha value is -1.98. The second kappa shape index (κ2) is 3.06. The topological polar surface area (TPSA) is 73.3 Å². The van der Waals surface area contributed by atoms with Gasteiger partial charge in [0.2, 0.25) is 0 Å². The van der Waals surface area contributed by atoms with Crippen molar-refractivity contribution >= 4 is 11.3 Å². The molecule has 14 heavy (non-hydrogen) atoms. The molecule has 0 fully saturated rings. The van der Waals surface area contributed by atoms with E-state index >= 15 is 0 Å². The summed E-state index contributed by atoms with van der Waals surface area (Å²) in [6.07, 6.45) is 2.37. The molecule has 0 radical (unpaired) electrons. The fraction of sp³-hybridized carbons (Fsp3) is 0.250. The molecule has 0 spiro atoms. The van der Waals surface area contributed by atoms with Gasteiger partial charge < -0.3 is 0 Å². The lowest BCUT2D eigenvalue weighted by Crippen LogP contribution is -1.94. The molecule has 0 atom stereocenters. The first-order valence-electron chi connectivity index (χ1n) is 4.20. The van der Waals surface area contributed by atoms with Crippen molar-refractivity contribution in [1.82, 2.24) is 14.6 Å². The van der Waals surface area contributed by atoms with Crippen LogP contribution in [-0.4, -0.2) is 19.5 Å². The van der Waals surface area contributed by atoms with E-state index in [1.165, 1.54) is 12.1 Å². The fourth-order valence-corrected chi connectivity index (χ4v) is 1.28. The van der Waals surface area contributed by atoms with Crippen molar-refractivity contribution in [3.05, 3.63) is 34.3 Å². The predicted molar refractivity (Wildman–Crippen MR) is 49.0 cm³/mol. The first-order chi connectivity index (χ1) is 6.72. The Kier molecular flexibility index (Phi) is 1.88. The molecular weight excluding hydrogens is 184 g/mol. The Morgan fingerprint density at radius 2 is 2.36 bits per heavy atom. The minimum absolute atomic E-state index is 0.0348. The molecule has 0 aliphatic carbocycles. The van der Waals surface area contributed by atoms with Gasteiger partial charge in [-0.05, 0) is 0 Å². The third-order valence-corrected chi connectivity index (χ3v) is 1.99. The van der Waals surface area contributed by atoms with Crippen LogP contribution in [0.2, 0.25) is 0 Å². The van der Waals surface area contributed by atoms with Crippen molar-refractivity contribution in [2.24, 2.45) is 0 Å². The second-order valence-corrected chi connectivity index (χ2v) is 2.84. The van der Waals surface area contributed by atoms with E-state index in [-0.39, 0.29) is 5.69 Å². The van der Waals surface area contributed by atoms with Gasteiger partial charge in [0, 0.05) is 18.7 Å². The minimum atomic E-state index is -0.444. The van der Waals surface area contributed by atoms with E-state index in [0.29, 0.717) is 5.65 Å². The maximum absolute atomic E-state index is 10.5. The van der Waals surface area contributed by atoms with Crippen molar-refractivity contribution < 1.29 is 4.92 Å². The highest BCUT2D eigenvalue weighted by Crippen LogP contribution is 2.13. The van der Waals surface area contributed by atoms with E-state index in [9.17, 15) is 10.1 Å². The number of nitrogens with zero attached hydrogens (tertiary/aromatic N) is 4. The molecule has 6 heteroatoms. The molecule has 0 bridgehead atoms. The van der Waals surface area contributed by atoms with Gasteiger partial charge in [-0.1, -0.05) is 6.92 Å². The highest BCUT2D eigenvalue weighted by molar-refractivity contribution is 5.47. The number of pyridine rings is 1. The number of fused-ring (bicyclic) bond motifs is 1. The average Bonchev–Trinajstić information content (AvgIpc) is 2.59. The molecule has 0 unspecified atom stereocenters. The molecule has 72 valence electrons. The summed E-state index contributed by atoms with van der Waals surface area (Å²) < 4.78 is 1.74. The lowest BCUT2D eigenvalue weighted by molar-refractivity contribution is -0.384. The van der Waals surface area contributed by atoms with Gasteiger partial charge in [-0.3, -0.25) is 14.5 Å². The van der Waals surface area contributed by atoms with Crippen LogP contribution in [0.25, 0.3) is 5.65 Å². The van der Waals surface area contributed by atoms with Gasteiger partial charge in [0.15, 0.2) is 5.65 Å². The van der Waals surface area contributed by atoms with Crippen LogP contribution < -0.4 is 0 Å². The highest BCUT2D eigenvalue weighted by Gasteiger charge is 2.09. The Labute approximate surface area is 79.3 Å². The quantitative estimate of drug-likeness (QED) is 0.529. The van der Waals surface area contributed by atoms with E-state index in [2.05, 4.69) is 10.2 Å². The van der Waals surface area contributed by atoms with E-state index in [0.717, 1.165) is 12.2 Å². The molecule has 0 aliphatic heterocycles. The maximum atomic E-state index is 10.5. The van der Waals surface area contributed by atoms with Crippen LogP contribution in [0.4, 0.5) is 5.69 Å². The van der Waals surface area contributed by atoms with Crippen LogP contribution >= 0.6 is 0 Å². The molecule has 2 heterocycles. The fourth-order valence-electron chi connectivity index (χ4n) is 1.28. The standard InChI is InChI=1S/C8H8N4O2/c1-2-7-9-10-8-5-6(12(13)14)3-4-11(7)8/h3-5H,2H2,1H3. The van der Waals surface area contributed by atoms with E-state index in [1.54, 1.807) is 10.6 Å². The molecule has 0 amide bonds. The molecule has 2 aromatic heterocycles. The van der Waals surface area contributed by atoms with E-state index in [4.69, 9.17) is 0 Å². The van der Waals surface area contributed by atoms with Crippen LogP contribution in [0.5, 0.6) is 0 Å². The zero-order valence-corrected chi connectivity index (χ0v) is 7.54. The number of nitro groups is 1. The molecule has 0 saturated carbocycles. The smallest absolute Gasteiger partial charge is 0.274 e. The summed E-state index contributed by atoms with van der Waals surface area (Å²) in [5, 5.41) is 18.2. The summed E-state index contributed by atoms with van der Waals surface area (Å²) in [5.41, 5.74) is 0.545. The Balaban J connectivity index is 2.63. The molecular formula is C8H8N4O2. The van der Waals surface area contributed by atoms with Gasteiger partial charge in [0.25, 0.3) is 5.69 Å². The third kappa shape index (κ3) is 1.20. The minimum Gasteiger partial charge on any atom is -0.286 e. The van der Waals surface area contributed by atoms with Gasteiger partial charge in [-0.25, -0.2) is 0 Å². The van der Waals surface area contributed by atoms with E-state index in [1.807, 2.05) is 6.92 Å². The van der Waals surface area contributed by atoms with Crippen molar-refractivity contribution in [3.63, 3.8) is 0 Å². The van der Waals surface area contributed by atoms with Gasteiger partial charge in [0.05, 0.1) is 11.0 Å². The molecule has 0 N–H and O–H groups in total. The summed E-state index contributed by atoms with van der Waals surface area (Å²) in [6, 6.07) is 2.85. The van der Waals surface area contributed by atoms with Crippen molar-refractivity contribution in [2.75, 3.05) is 0 Å². The number of rotatable bonds is 2. The van der Waals surface area contributed by atoms with Gasteiger partial charge in [0.1, 0.15) is 5.82 Å². The van der Waals surface area contributed by atoms with Crippen LogP contribution in [-0.2, 0) is 6.42 Å².